The number of amides is 1. The van der Waals surface area contributed by atoms with Gasteiger partial charge >= 0.3 is 0 Å². The molecule has 0 bridgehead atoms. The Morgan fingerprint density at radius 2 is 1.96 bits per heavy atom. The van der Waals surface area contributed by atoms with E-state index in [1.54, 1.807) is 0 Å². The molecule has 1 amide bonds. The predicted molar refractivity (Wildman–Crippen MR) is 101 cm³/mol. The lowest BCUT2D eigenvalue weighted by molar-refractivity contribution is 0.0673. The molecular formula is C21H24N4O. The minimum absolute atomic E-state index is 0.117. The van der Waals surface area contributed by atoms with Gasteiger partial charge < -0.3 is 9.47 Å². The van der Waals surface area contributed by atoms with Crippen molar-refractivity contribution in [3.63, 3.8) is 0 Å². The molecular weight excluding hydrogens is 324 g/mol. The number of piperidine rings is 1. The summed E-state index contributed by atoms with van der Waals surface area (Å²) in [6, 6.07) is 12.3. The number of carbonyl (C=O) groups is 1. The first kappa shape index (κ1) is 16.6. The average molecular weight is 348 g/mol. The molecule has 1 fully saturated rings. The first-order valence-electron chi connectivity index (χ1n) is 9.19. The minimum atomic E-state index is 0.117. The third kappa shape index (κ3) is 3.57. The predicted octanol–water partition coefficient (Wildman–Crippen LogP) is 3.52. The topological polar surface area (TPSA) is 43.1 Å². The lowest BCUT2D eigenvalue weighted by Crippen LogP contribution is -2.40. The number of carbonyl (C=O) groups excluding carboxylic acids is 1. The molecule has 1 aliphatic rings. The van der Waals surface area contributed by atoms with Crippen molar-refractivity contribution in [3.8, 4) is 0 Å². The van der Waals surface area contributed by atoms with Crippen molar-refractivity contribution in [1.82, 2.24) is 19.2 Å². The van der Waals surface area contributed by atoms with E-state index in [-0.39, 0.29) is 11.9 Å². The fraction of sp³-hybridized carbons (Fsp3) is 0.333. The van der Waals surface area contributed by atoms with Crippen LogP contribution in [0.2, 0.25) is 0 Å². The maximum Gasteiger partial charge on any atom is 0.253 e. The maximum atomic E-state index is 12.9. The van der Waals surface area contributed by atoms with E-state index in [2.05, 4.69) is 15.9 Å². The van der Waals surface area contributed by atoms with E-state index >= 15 is 0 Å². The fourth-order valence-corrected chi connectivity index (χ4v) is 3.61. The summed E-state index contributed by atoms with van der Waals surface area (Å²) in [5.74, 6) is 0.117. The Kier molecular flexibility index (Phi) is 4.61. The molecule has 0 spiro atoms. The number of hydrogen-bond acceptors (Lipinski definition) is 2. The van der Waals surface area contributed by atoms with Crippen molar-refractivity contribution in [2.24, 2.45) is 0 Å². The van der Waals surface area contributed by atoms with Gasteiger partial charge in [-0.2, -0.15) is 5.10 Å². The molecule has 26 heavy (non-hydrogen) atoms. The molecule has 4 rings (SSSR count). The lowest BCUT2D eigenvalue weighted by atomic mass is 10.0. The molecule has 0 N–H and O–H groups in total. The van der Waals surface area contributed by atoms with Gasteiger partial charge in [-0.05, 0) is 55.2 Å². The molecule has 0 saturated carbocycles. The normalized spacial score (nSPS) is 17.4. The van der Waals surface area contributed by atoms with E-state index in [9.17, 15) is 4.79 Å². The van der Waals surface area contributed by atoms with Crippen molar-refractivity contribution in [3.05, 3.63) is 77.9 Å². The summed E-state index contributed by atoms with van der Waals surface area (Å²) < 4.78 is 4.13. The van der Waals surface area contributed by atoms with Crippen molar-refractivity contribution < 1.29 is 4.79 Å². The minimum Gasteiger partial charge on any atom is -0.350 e. The van der Waals surface area contributed by atoms with Crippen LogP contribution < -0.4 is 0 Å². The summed E-state index contributed by atoms with van der Waals surface area (Å²) in [7, 11) is 0. The average Bonchev–Trinajstić information content (AvgIpc) is 3.34. The SMILES string of the molecule is Cc1cnn([C@H]2CCCN(C(=O)c3ccc(Cn4cccc4)cc3)C2)c1. The van der Waals surface area contributed by atoms with E-state index in [1.807, 2.05) is 71.5 Å². The van der Waals surface area contributed by atoms with E-state index in [0.29, 0.717) is 0 Å². The summed E-state index contributed by atoms with van der Waals surface area (Å²) >= 11 is 0. The monoisotopic (exact) mass is 348 g/mol. The van der Waals surface area contributed by atoms with Gasteiger partial charge in [0.05, 0.1) is 12.2 Å². The highest BCUT2D eigenvalue weighted by atomic mass is 16.2. The Bertz CT molecular complexity index is 864. The first-order valence-corrected chi connectivity index (χ1v) is 9.19. The van der Waals surface area contributed by atoms with Crippen molar-refractivity contribution >= 4 is 5.91 Å². The zero-order chi connectivity index (χ0) is 17.9. The van der Waals surface area contributed by atoms with Crippen LogP contribution in [0, 0.1) is 6.92 Å². The van der Waals surface area contributed by atoms with E-state index < -0.39 is 0 Å². The van der Waals surface area contributed by atoms with Crippen LogP contribution in [0.25, 0.3) is 0 Å². The zero-order valence-electron chi connectivity index (χ0n) is 15.1. The van der Waals surface area contributed by atoms with Crippen LogP contribution in [0.4, 0.5) is 0 Å². The number of rotatable bonds is 4. The highest BCUT2D eigenvalue weighted by molar-refractivity contribution is 5.94. The standard InChI is InChI=1S/C21H24N4O/c1-17-13-22-25(14-17)20-5-4-12-24(16-20)21(26)19-8-6-18(7-9-19)15-23-10-2-3-11-23/h2-3,6-11,13-14,20H,4-5,12,15-16H2,1H3/t20-/m0/s1. The number of aromatic nitrogens is 3. The quantitative estimate of drug-likeness (QED) is 0.724. The van der Waals surface area contributed by atoms with Crippen molar-refractivity contribution in [2.75, 3.05) is 13.1 Å². The third-order valence-electron chi connectivity index (χ3n) is 5.02. The van der Waals surface area contributed by atoms with Gasteiger partial charge in [-0.15, -0.1) is 0 Å². The summed E-state index contributed by atoms with van der Waals surface area (Å²) in [6.07, 6.45) is 10.1. The zero-order valence-corrected chi connectivity index (χ0v) is 15.1. The number of likely N-dealkylation sites (tertiary alicyclic amines) is 1. The molecule has 2 aromatic heterocycles. The van der Waals surface area contributed by atoms with Crippen LogP contribution >= 0.6 is 0 Å². The van der Waals surface area contributed by atoms with Gasteiger partial charge in [0.1, 0.15) is 0 Å². The van der Waals surface area contributed by atoms with Crippen molar-refractivity contribution in [1.29, 1.82) is 0 Å². The third-order valence-corrected chi connectivity index (χ3v) is 5.02. The number of aryl methyl sites for hydroxylation is 1. The van der Waals surface area contributed by atoms with Gasteiger partial charge in [-0.1, -0.05) is 12.1 Å². The van der Waals surface area contributed by atoms with Gasteiger partial charge in [0.25, 0.3) is 5.91 Å². The molecule has 5 heteroatoms. The fourth-order valence-electron chi connectivity index (χ4n) is 3.61. The molecule has 5 nitrogen and oxygen atoms in total. The largest absolute Gasteiger partial charge is 0.350 e. The van der Waals surface area contributed by atoms with Crippen LogP contribution in [0.15, 0.2) is 61.2 Å². The highest BCUT2D eigenvalue weighted by Gasteiger charge is 2.25. The van der Waals surface area contributed by atoms with Gasteiger partial charge in [0, 0.05) is 43.8 Å². The molecule has 0 aliphatic carbocycles. The summed E-state index contributed by atoms with van der Waals surface area (Å²) in [5.41, 5.74) is 3.12. The van der Waals surface area contributed by atoms with Gasteiger partial charge in [0.15, 0.2) is 0 Å². The van der Waals surface area contributed by atoms with Crippen molar-refractivity contribution in [2.45, 2.75) is 32.4 Å². The van der Waals surface area contributed by atoms with Crippen LogP contribution in [0.3, 0.4) is 0 Å². The Labute approximate surface area is 153 Å². The van der Waals surface area contributed by atoms with Crippen LogP contribution in [0.5, 0.6) is 0 Å². The molecule has 1 atom stereocenters. The van der Waals surface area contributed by atoms with E-state index in [4.69, 9.17) is 0 Å². The Hall–Kier alpha value is -2.82. The van der Waals surface area contributed by atoms with E-state index in [1.165, 1.54) is 5.56 Å². The maximum absolute atomic E-state index is 12.9. The molecule has 134 valence electrons. The second kappa shape index (κ2) is 7.20. The van der Waals surface area contributed by atoms with Crippen LogP contribution in [-0.2, 0) is 6.54 Å². The number of nitrogens with zero attached hydrogens (tertiary/aromatic N) is 4. The molecule has 1 saturated heterocycles. The summed E-state index contributed by atoms with van der Waals surface area (Å²) in [6.45, 7) is 4.42. The molecule has 1 aromatic carbocycles. The van der Waals surface area contributed by atoms with Gasteiger partial charge in [0.2, 0.25) is 0 Å². The van der Waals surface area contributed by atoms with Crippen LogP contribution in [-0.4, -0.2) is 38.2 Å². The smallest absolute Gasteiger partial charge is 0.253 e. The number of benzene rings is 1. The molecule has 0 unspecified atom stereocenters. The van der Waals surface area contributed by atoms with Crippen LogP contribution in [0.1, 0.15) is 40.4 Å². The summed E-state index contributed by atoms with van der Waals surface area (Å²) in [5, 5.41) is 4.43. The lowest BCUT2D eigenvalue weighted by Gasteiger charge is -2.33. The Balaban J connectivity index is 1.43. The summed E-state index contributed by atoms with van der Waals surface area (Å²) in [4.78, 5) is 14.9. The second-order valence-corrected chi connectivity index (χ2v) is 7.10. The molecule has 3 aromatic rings. The van der Waals surface area contributed by atoms with Gasteiger partial charge in [-0.25, -0.2) is 0 Å². The first-order chi connectivity index (χ1) is 12.7. The van der Waals surface area contributed by atoms with E-state index in [0.717, 1.165) is 43.6 Å². The molecule has 0 radical (unpaired) electrons. The molecule has 1 aliphatic heterocycles. The highest BCUT2D eigenvalue weighted by Crippen LogP contribution is 2.23. The Morgan fingerprint density at radius 1 is 1.19 bits per heavy atom. The Morgan fingerprint density at radius 3 is 2.65 bits per heavy atom. The second-order valence-electron chi connectivity index (χ2n) is 7.10. The number of hydrogen-bond donors (Lipinski definition) is 0. The molecule has 3 heterocycles. The van der Waals surface area contributed by atoms with Gasteiger partial charge in [-0.3, -0.25) is 9.48 Å².